The van der Waals surface area contributed by atoms with Gasteiger partial charge < -0.3 is 4.90 Å². The van der Waals surface area contributed by atoms with E-state index in [4.69, 9.17) is 0 Å². The maximum atomic E-state index is 2.67. The lowest BCUT2D eigenvalue weighted by Crippen LogP contribution is -2.28. The second-order valence-electron chi connectivity index (χ2n) is 8.91. The van der Waals surface area contributed by atoms with E-state index in [0.717, 1.165) is 17.9 Å². The van der Waals surface area contributed by atoms with Crippen LogP contribution >= 0.6 is 0 Å². The Bertz CT molecular complexity index is 233. The van der Waals surface area contributed by atoms with Gasteiger partial charge in [0.1, 0.15) is 0 Å². The van der Waals surface area contributed by atoms with E-state index < -0.39 is 0 Å². The first kappa shape index (κ1) is 32.7. The highest BCUT2D eigenvalue weighted by molar-refractivity contribution is 5.75. The number of hydrogen-bond acceptors (Lipinski definition) is 1. The predicted molar refractivity (Wildman–Crippen MR) is 134 cm³/mol. The molecule has 1 heterocycles. The van der Waals surface area contributed by atoms with Crippen LogP contribution in [0.25, 0.3) is 0 Å². The van der Waals surface area contributed by atoms with Gasteiger partial charge >= 0.3 is 0 Å². The standard InChI is InChI=1S/C11H21N.3C5H12.B/c1-9(2)12-7-10-5-3-4-6-11(10)8-12;3*1-3-5-4-2;/h9-11H,3-8H2,1-2H3;3*3-5H2,1-2H3;. The molecule has 1 nitrogen and oxygen atoms in total. The largest absolute Gasteiger partial charge is 0.300 e. The lowest BCUT2D eigenvalue weighted by molar-refractivity contribution is 0.261. The van der Waals surface area contributed by atoms with E-state index in [0.29, 0.717) is 0 Å². The Balaban J connectivity index is -0.000000334. The van der Waals surface area contributed by atoms with Crippen molar-refractivity contribution in [1.82, 2.24) is 4.90 Å². The van der Waals surface area contributed by atoms with Crippen LogP contribution in [0.5, 0.6) is 0 Å². The fraction of sp³-hybridized carbons (Fsp3) is 1.00. The van der Waals surface area contributed by atoms with Crippen LogP contribution in [0.2, 0.25) is 0 Å². The van der Waals surface area contributed by atoms with Crippen LogP contribution in [-0.4, -0.2) is 32.4 Å². The van der Waals surface area contributed by atoms with Gasteiger partial charge in [0, 0.05) is 27.5 Å². The molecule has 0 amide bonds. The highest BCUT2D eigenvalue weighted by Crippen LogP contribution is 2.36. The van der Waals surface area contributed by atoms with E-state index in [1.54, 1.807) is 0 Å². The Morgan fingerprint density at radius 2 is 0.893 bits per heavy atom. The van der Waals surface area contributed by atoms with Crippen molar-refractivity contribution >= 4 is 8.41 Å². The maximum absolute atomic E-state index is 2.67. The van der Waals surface area contributed by atoms with Crippen LogP contribution in [0.4, 0.5) is 0 Å². The van der Waals surface area contributed by atoms with Gasteiger partial charge in [-0.15, -0.1) is 0 Å². The molecular weight excluding hydrogens is 337 g/mol. The van der Waals surface area contributed by atoms with E-state index in [1.165, 1.54) is 96.6 Å². The summed E-state index contributed by atoms with van der Waals surface area (Å²) in [6.07, 6.45) is 18.2. The minimum absolute atomic E-state index is 0. The van der Waals surface area contributed by atoms with Crippen LogP contribution in [0.15, 0.2) is 0 Å². The topological polar surface area (TPSA) is 3.24 Å². The minimum Gasteiger partial charge on any atom is -0.300 e. The smallest absolute Gasteiger partial charge is 0.00388 e. The van der Waals surface area contributed by atoms with Crippen molar-refractivity contribution in [2.24, 2.45) is 11.8 Å². The highest BCUT2D eigenvalue weighted by Gasteiger charge is 2.34. The van der Waals surface area contributed by atoms with Gasteiger partial charge in [-0.05, 0) is 38.5 Å². The molecule has 2 fully saturated rings. The summed E-state index contributed by atoms with van der Waals surface area (Å²) in [5.74, 6) is 2.11. The maximum Gasteiger partial charge on any atom is 0.00388 e. The third kappa shape index (κ3) is 19.3. The van der Waals surface area contributed by atoms with E-state index in [2.05, 4.69) is 60.3 Å². The molecule has 1 saturated carbocycles. The molecule has 0 N–H and O–H groups in total. The second-order valence-corrected chi connectivity index (χ2v) is 8.91. The molecule has 1 aliphatic carbocycles. The van der Waals surface area contributed by atoms with Crippen molar-refractivity contribution in [3.63, 3.8) is 0 Å². The summed E-state index contributed by atoms with van der Waals surface area (Å²) in [6.45, 7) is 20.7. The Morgan fingerprint density at radius 3 is 1.07 bits per heavy atom. The quantitative estimate of drug-likeness (QED) is 0.390. The minimum atomic E-state index is 0. The molecule has 2 unspecified atom stereocenters. The van der Waals surface area contributed by atoms with Gasteiger partial charge in [0.15, 0.2) is 0 Å². The van der Waals surface area contributed by atoms with Crippen LogP contribution in [0.1, 0.15) is 139 Å². The molecule has 0 aromatic heterocycles. The molecule has 0 aromatic carbocycles. The summed E-state index contributed by atoms with van der Waals surface area (Å²) in [7, 11) is 0. The summed E-state index contributed by atoms with van der Waals surface area (Å²) >= 11 is 0. The van der Waals surface area contributed by atoms with Crippen LogP contribution in [0.3, 0.4) is 0 Å². The summed E-state index contributed by atoms with van der Waals surface area (Å²) in [5, 5.41) is 0. The van der Waals surface area contributed by atoms with Gasteiger partial charge in [-0.2, -0.15) is 0 Å². The summed E-state index contributed by atoms with van der Waals surface area (Å²) in [4.78, 5) is 2.67. The molecule has 2 rings (SSSR count). The van der Waals surface area contributed by atoms with Crippen molar-refractivity contribution in [2.75, 3.05) is 13.1 Å². The number of nitrogens with zero attached hydrogens (tertiary/aromatic N) is 1. The van der Waals surface area contributed by atoms with Gasteiger partial charge in [-0.1, -0.05) is 112 Å². The molecule has 1 aliphatic heterocycles. The zero-order valence-electron chi connectivity index (χ0n) is 21.4. The lowest BCUT2D eigenvalue weighted by Gasteiger charge is -2.23. The molecule has 2 heteroatoms. The summed E-state index contributed by atoms with van der Waals surface area (Å²) < 4.78 is 0. The van der Waals surface area contributed by atoms with E-state index in [1.807, 2.05) is 0 Å². The van der Waals surface area contributed by atoms with Crippen LogP contribution < -0.4 is 0 Å². The number of likely N-dealkylation sites (tertiary alicyclic amines) is 1. The number of fused-ring (bicyclic) bond motifs is 1. The van der Waals surface area contributed by atoms with E-state index >= 15 is 0 Å². The van der Waals surface area contributed by atoms with Gasteiger partial charge in [-0.25, -0.2) is 0 Å². The highest BCUT2D eigenvalue weighted by atomic mass is 15.2. The van der Waals surface area contributed by atoms with Gasteiger partial charge in [0.2, 0.25) is 0 Å². The zero-order valence-corrected chi connectivity index (χ0v) is 21.4. The van der Waals surface area contributed by atoms with Crippen molar-refractivity contribution in [1.29, 1.82) is 0 Å². The Kier molecular flexibility index (Phi) is 29.3. The van der Waals surface area contributed by atoms with Gasteiger partial charge in [0.05, 0.1) is 0 Å². The monoisotopic (exact) mass is 394 g/mol. The number of rotatable bonds is 7. The first-order chi connectivity index (χ1) is 13.0. The molecule has 2 aliphatic rings. The van der Waals surface area contributed by atoms with Crippen molar-refractivity contribution in [2.45, 2.75) is 145 Å². The predicted octanol–water partition coefficient (Wildman–Crippen LogP) is 8.73. The average Bonchev–Trinajstić information content (AvgIpc) is 3.10. The second kappa shape index (κ2) is 25.1. The van der Waals surface area contributed by atoms with Gasteiger partial charge in [0.25, 0.3) is 0 Å². The van der Waals surface area contributed by atoms with Gasteiger partial charge in [-0.3, -0.25) is 0 Å². The fourth-order valence-corrected chi connectivity index (χ4v) is 3.92. The molecule has 169 valence electrons. The number of hydrogen-bond donors (Lipinski definition) is 0. The third-order valence-electron chi connectivity index (χ3n) is 5.86. The normalized spacial score (nSPS) is 20.5. The molecule has 3 radical (unpaired) electrons. The molecule has 0 aromatic rings. The van der Waals surface area contributed by atoms with Crippen LogP contribution in [-0.2, 0) is 0 Å². The van der Waals surface area contributed by atoms with Crippen molar-refractivity contribution in [3.05, 3.63) is 0 Å². The zero-order chi connectivity index (χ0) is 20.9. The van der Waals surface area contributed by atoms with Crippen molar-refractivity contribution < 1.29 is 0 Å². The van der Waals surface area contributed by atoms with E-state index in [-0.39, 0.29) is 8.41 Å². The lowest BCUT2D eigenvalue weighted by atomic mass is 9.82. The number of unbranched alkanes of at least 4 members (excludes halogenated alkanes) is 6. The Morgan fingerprint density at radius 1 is 0.607 bits per heavy atom. The SMILES string of the molecule is CC(C)N1CC2CCCCC2C1.CCCCC.CCCCC.CCCCC.[B]. The molecule has 0 bridgehead atoms. The van der Waals surface area contributed by atoms with Crippen molar-refractivity contribution in [3.8, 4) is 0 Å². The first-order valence-electron chi connectivity index (χ1n) is 12.8. The molecule has 28 heavy (non-hydrogen) atoms. The fourth-order valence-electron chi connectivity index (χ4n) is 3.92. The van der Waals surface area contributed by atoms with Crippen LogP contribution in [0, 0.1) is 11.8 Å². The Hall–Kier alpha value is 0.0249. The summed E-state index contributed by atoms with van der Waals surface area (Å²) in [6, 6.07) is 0.774. The first-order valence-corrected chi connectivity index (χ1v) is 12.8. The molecule has 1 saturated heterocycles. The molecule has 0 spiro atoms. The molecular formula is C26H57BN. The average molecular weight is 395 g/mol. The molecule has 2 atom stereocenters. The van der Waals surface area contributed by atoms with E-state index in [9.17, 15) is 0 Å². The Labute approximate surface area is 183 Å². The third-order valence-corrected chi connectivity index (χ3v) is 5.86. The summed E-state index contributed by atoms with van der Waals surface area (Å²) in [5.41, 5.74) is 0.